The molecule has 1 aromatic carbocycles. The van der Waals surface area contributed by atoms with Crippen molar-refractivity contribution >= 4 is 17.5 Å². The molecule has 2 aromatic rings. The van der Waals surface area contributed by atoms with Gasteiger partial charge in [-0.3, -0.25) is 4.79 Å². The van der Waals surface area contributed by atoms with Gasteiger partial charge in [-0.2, -0.15) is 0 Å². The Morgan fingerprint density at radius 2 is 1.95 bits per heavy atom. The fourth-order valence-electron chi connectivity index (χ4n) is 2.43. The Bertz CT molecular complexity index is 612. The minimum Gasteiger partial charge on any atom is -0.347 e. The van der Waals surface area contributed by atoms with E-state index in [1.165, 1.54) is 11.8 Å². The fraction of sp³-hybridized carbons (Fsp3) is 0.267. The average Bonchev–Trinajstić information content (AvgIpc) is 2.43. The van der Waals surface area contributed by atoms with Crippen molar-refractivity contribution in [2.24, 2.45) is 0 Å². The van der Waals surface area contributed by atoms with Crippen LogP contribution >= 0.6 is 11.6 Å². The number of aromatic nitrogens is 2. The van der Waals surface area contributed by atoms with E-state index in [2.05, 4.69) is 27.4 Å². The molecule has 1 saturated carbocycles. The molecule has 1 aromatic heterocycles. The Kier molecular flexibility index (Phi) is 3.65. The maximum Gasteiger partial charge on any atom is 0.289 e. The molecule has 0 atom stereocenters. The molecule has 1 aliphatic rings. The lowest BCUT2D eigenvalue weighted by Gasteiger charge is -2.36. The molecule has 1 aliphatic carbocycles. The molecule has 1 amide bonds. The molecule has 1 heterocycles. The SMILES string of the molecule is O=C(NC1CC(c2ccccc2)C1)c1nccc(Cl)n1. The Balaban J connectivity index is 1.55. The van der Waals surface area contributed by atoms with Crippen LogP contribution in [0.3, 0.4) is 0 Å². The number of nitrogens with zero attached hydrogens (tertiary/aromatic N) is 2. The Hall–Kier alpha value is -1.94. The third-order valence-corrected chi connectivity index (χ3v) is 3.78. The fourth-order valence-corrected chi connectivity index (χ4v) is 2.57. The molecule has 1 N–H and O–H groups in total. The van der Waals surface area contributed by atoms with Gasteiger partial charge in [0.2, 0.25) is 5.82 Å². The molecule has 0 bridgehead atoms. The summed E-state index contributed by atoms with van der Waals surface area (Å²) in [6.45, 7) is 0. The molecular weight excluding hydrogens is 274 g/mol. The molecule has 0 saturated heterocycles. The Morgan fingerprint density at radius 1 is 1.20 bits per heavy atom. The smallest absolute Gasteiger partial charge is 0.289 e. The van der Waals surface area contributed by atoms with Gasteiger partial charge in [0, 0.05) is 12.2 Å². The third-order valence-electron chi connectivity index (χ3n) is 3.57. The van der Waals surface area contributed by atoms with Crippen molar-refractivity contribution in [1.82, 2.24) is 15.3 Å². The summed E-state index contributed by atoms with van der Waals surface area (Å²) in [5.74, 6) is 0.395. The summed E-state index contributed by atoms with van der Waals surface area (Å²) in [6.07, 6.45) is 3.39. The number of rotatable bonds is 3. The second-order valence-electron chi connectivity index (χ2n) is 4.95. The van der Waals surface area contributed by atoms with Gasteiger partial charge >= 0.3 is 0 Å². The molecule has 3 rings (SSSR count). The number of carbonyl (C=O) groups excluding carboxylic acids is 1. The number of hydrogen-bond acceptors (Lipinski definition) is 3. The summed E-state index contributed by atoms with van der Waals surface area (Å²) in [7, 11) is 0. The standard InChI is InChI=1S/C15H14ClN3O/c16-13-6-7-17-14(19-13)15(20)18-12-8-11(9-12)10-4-2-1-3-5-10/h1-7,11-12H,8-9H2,(H,18,20). The largest absolute Gasteiger partial charge is 0.347 e. The number of amides is 1. The zero-order chi connectivity index (χ0) is 13.9. The highest BCUT2D eigenvalue weighted by molar-refractivity contribution is 6.29. The van der Waals surface area contributed by atoms with Crippen molar-refractivity contribution in [3.8, 4) is 0 Å². The zero-order valence-corrected chi connectivity index (χ0v) is 11.5. The highest BCUT2D eigenvalue weighted by atomic mass is 35.5. The number of benzene rings is 1. The molecule has 0 unspecified atom stereocenters. The average molecular weight is 288 g/mol. The molecule has 20 heavy (non-hydrogen) atoms. The van der Waals surface area contributed by atoms with E-state index in [4.69, 9.17) is 11.6 Å². The van der Waals surface area contributed by atoms with Crippen LogP contribution in [0, 0.1) is 0 Å². The Morgan fingerprint density at radius 3 is 2.65 bits per heavy atom. The molecule has 0 radical (unpaired) electrons. The van der Waals surface area contributed by atoms with Crippen LogP contribution in [0.4, 0.5) is 0 Å². The molecule has 1 fully saturated rings. The summed E-state index contributed by atoms with van der Waals surface area (Å²) < 4.78 is 0. The lowest BCUT2D eigenvalue weighted by Crippen LogP contribution is -2.43. The maximum atomic E-state index is 11.9. The van der Waals surface area contributed by atoms with Crippen molar-refractivity contribution < 1.29 is 4.79 Å². The normalized spacial score (nSPS) is 21.1. The molecule has 0 aliphatic heterocycles. The maximum absolute atomic E-state index is 11.9. The minimum absolute atomic E-state index is 0.126. The number of hydrogen-bond donors (Lipinski definition) is 1. The first-order valence-corrected chi connectivity index (χ1v) is 6.94. The predicted molar refractivity (Wildman–Crippen MR) is 76.7 cm³/mol. The summed E-state index contributed by atoms with van der Waals surface area (Å²) in [4.78, 5) is 19.8. The lowest BCUT2D eigenvalue weighted by atomic mass is 9.76. The van der Waals surface area contributed by atoms with E-state index in [9.17, 15) is 4.79 Å². The number of carbonyl (C=O) groups is 1. The van der Waals surface area contributed by atoms with Gasteiger partial charge in [0.15, 0.2) is 0 Å². The van der Waals surface area contributed by atoms with Gasteiger partial charge in [0.25, 0.3) is 5.91 Å². The van der Waals surface area contributed by atoms with Crippen molar-refractivity contribution in [2.75, 3.05) is 0 Å². The third kappa shape index (κ3) is 2.80. The topological polar surface area (TPSA) is 54.9 Å². The van der Waals surface area contributed by atoms with Gasteiger partial charge in [-0.1, -0.05) is 41.9 Å². The van der Waals surface area contributed by atoms with Crippen molar-refractivity contribution in [3.05, 3.63) is 59.1 Å². The zero-order valence-electron chi connectivity index (χ0n) is 10.8. The molecule has 0 spiro atoms. The molecule has 5 heteroatoms. The van der Waals surface area contributed by atoms with Gasteiger partial charge < -0.3 is 5.32 Å². The number of halogens is 1. The van der Waals surface area contributed by atoms with Gasteiger partial charge in [-0.05, 0) is 30.4 Å². The highest BCUT2D eigenvalue weighted by Crippen LogP contribution is 2.36. The van der Waals surface area contributed by atoms with E-state index in [0.717, 1.165) is 12.8 Å². The van der Waals surface area contributed by atoms with E-state index < -0.39 is 0 Å². The van der Waals surface area contributed by atoms with E-state index >= 15 is 0 Å². The summed E-state index contributed by atoms with van der Waals surface area (Å²) >= 11 is 5.75. The molecular formula is C15H14ClN3O. The van der Waals surface area contributed by atoms with Gasteiger partial charge in [-0.15, -0.1) is 0 Å². The van der Waals surface area contributed by atoms with E-state index in [-0.39, 0.29) is 22.9 Å². The number of nitrogens with one attached hydrogen (secondary N) is 1. The Labute approximate surface area is 122 Å². The second kappa shape index (κ2) is 5.59. The monoisotopic (exact) mass is 287 g/mol. The van der Waals surface area contributed by atoms with Crippen molar-refractivity contribution in [2.45, 2.75) is 24.8 Å². The van der Waals surface area contributed by atoms with Crippen LogP contribution < -0.4 is 5.32 Å². The van der Waals surface area contributed by atoms with Crippen LogP contribution in [0.15, 0.2) is 42.6 Å². The van der Waals surface area contributed by atoms with Gasteiger partial charge in [-0.25, -0.2) is 9.97 Å². The summed E-state index contributed by atoms with van der Waals surface area (Å²) in [6, 6.07) is 12.1. The minimum atomic E-state index is -0.260. The first-order valence-electron chi connectivity index (χ1n) is 6.57. The van der Waals surface area contributed by atoms with E-state index in [0.29, 0.717) is 5.92 Å². The first-order chi connectivity index (χ1) is 9.72. The first kappa shape index (κ1) is 13.1. The van der Waals surface area contributed by atoms with Crippen LogP contribution in [0.1, 0.15) is 34.9 Å². The predicted octanol–water partition coefficient (Wildman–Crippen LogP) is 2.81. The van der Waals surface area contributed by atoms with E-state index in [1.807, 2.05) is 18.2 Å². The highest BCUT2D eigenvalue weighted by Gasteiger charge is 2.31. The quantitative estimate of drug-likeness (QED) is 0.883. The molecule has 4 nitrogen and oxygen atoms in total. The second-order valence-corrected chi connectivity index (χ2v) is 5.34. The van der Waals surface area contributed by atoms with Gasteiger partial charge in [0.1, 0.15) is 5.15 Å². The lowest BCUT2D eigenvalue weighted by molar-refractivity contribution is 0.0898. The van der Waals surface area contributed by atoms with Gasteiger partial charge in [0.05, 0.1) is 0 Å². The van der Waals surface area contributed by atoms with Crippen LogP contribution in [0.25, 0.3) is 0 Å². The van der Waals surface area contributed by atoms with Crippen molar-refractivity contribution in [1.29, 1.82) is 0 Å². The van der Waals surface area contributed by atoms with Crippen molar-refractivity contribution in [3.63, 3.8) is 0 Å². The van der Waals surface area contributed by atoms with Crippen LogP contribution in [-0.4, -0.2) is 21.9 Å². The molecule has 102 valence electrons. The van der Waals surface area contributed by atoms with Crippen LogP contribution in [-0.2, 0) is 0 Å². The van der Waals surface area contributed by atoms with Crippen LogP contribution in [0.5, 0.6) is 0 Å². The summed E-state index contributed by atoms with van der Waals surface area (Å²) in [5, 5.41) is 3.22. The van der Waals surface area contributed by atoms with E-state index in [1.54, 1.807) is 6.07 Å². The van der Waals surface area contributed by atoms with Crippen LogP contribution in [0.2, 0.25) is 5.15 Å². The summed E-state index contributed by atoms with van der Waals surface area (Å²) in [5.41, 5.74) is 1.33.